The molecule has 0 atom stereocenters. The van der Waals surface area contributed by atoms with E-state index < -0.39 is 0 Å². The van der Waals surface area contributed by atoms with Crippen molar-refractivity contribution in [3.8, 4) is 0 Å². The van der Waals surface area contributed by atoms with Crippen molar-refractivity contribution >= 4 is 29.6 Å². The van der Waals surface area contributed by atoms with Gasteiger partial charge in [-0.1, -0.05) is 29.8 Å². The second-order valence-corrected chi connectivity index (χ2v) is 4.90. The molecule has 0 radical (unpaired) electrons. The van der Waals surface area contributed by atoms with E-state index in [1.165, 1.54) is 0 Å². The van der Waals surface area contributed by atoms with Crippen molar-refractivity contribution in [2.45, 2.75) is 11.5 Å². The van der Waals surface area contributed by atoms with Crippen molar-refractivity contribution in [2.24, 2.45) is 0 Å². The lowest BCUT2D eigenvalue weighted by Gasteiger charge is -2.02. The molecule has 2 aromatic rings. The van der Waals surface area contributed by atoms with E-state index in [4.69, 9.17) is 16.0 Å². The Hall–Kier alpha value is -1.19. The highest BCUT2D eigenvalue weighted by atomic mass is 35.5. The van der Waals surface area contributed by atoms with Gasteiger partial charge in [-0.15, -0.1) is 11.8 Å². The van der Waals surface area contributed by atoms with E-state index in [0.29, 0.717) is 12.0 Å². The maximum absolute atomic E-state index is 10.4. The molecule has 0 amide bonds. The molecule has 17 heavy (non-hydrogen) atoms. The Morgan fingerprint density at radius 2 is 2.00 bits per heavy atom. The number of rotatable bonds is 5. The molecule has 0 saturated heterocycles. The molecule has 0 fully saturated rings. The molecule has 0 aliphatic rings. The minimum absolute atomic E-state index is 0.373. The van der Waals surface area contributed by atoms with Gasteiger partial charge in [0.25, 0.3) is 0 Å². The van der Waals surface area contributed by atoms with Crippen LogP contribution in [0.1, 0.15) is 21.9 Å². The standard InChI is InChI=1S/C13H11ClO2S/c14-13-4-2-1-3-10(13)8-17-9-12-6-5-11(7-15)16-12/h1-7H,8-9H2. The van der Waals surface area contributed by atoms with Gasteiger partial charge in [-0.2, -0.15) is 0 Å². The fourth-order valence-corrected chi connectivity index (χ4v) is 2.62. The number of thioether (sulfide) groups is 1. The fourth-order valence-electron chi connectivity index (χ4n) is 1.41. The summed E-state index contributed by atoms with van der Waals surface area (Å²) >= 11 is 7.75. The van der Waals surface area contributed by atoms with E-state index in [-0.39, 0.29) is 0 Å². The molecule has 0 spiro atoms. The summed E-state index contributed by atoms with van der Waals surface area (Å²) in [5, 5.41) is 0.785. The Bertz CT molecular complexity index is 508. The minimum atomic E-state index is 0.373. The zero-order valence-electron chi connectivity index (χ0n) is 9.06. The number of aldehydes is 1. The van der Waals surface area contributed by atoms with Gasteiger partial charge >= 0.3 is 0 Å². The molecule has 4 heteroatoms. The smallest absolute Gasteiger partial charge is 0.185 e. The van der Waals surface area contributed by atoms with Crippen LogP contribution in [0.25, 0.3) is 0 Å². The Labute approximate surface area is 109 Å². The average molecular weight is 267 g/mol. The number of benzene rings is 1. The van der Waals surface area contributed by atoms with Crippen LogP contribution in [0.3, 0.4) is 0 Å². The van der Waals surface area contributed by atoms with Gasteiger partial charge in [0.2, 0.25) is 0 Å². The first-order valence-corrected chi connectivity index (χ1v) is 6.68. The van der Waals surface area contributed by atoms with Crippen LogP contribution in [-0.4, -0.2) is 6.29 Å². The van der Waals surface area contributed by atoms with Crippen LogP contribution in [0.5, 0.6) is 0 Å². The summed E-state index contributed by atoms with van der Waals surface area (Å²) in [4.78, 5) is 10.4. The number of carbonyl (C=O) groups excluding carboxylic acids is 1. The lowest BCUT2D eigenvalue weighted by molar-refractivity contribution is 0.109. The maximum atomic E-state index is 10.4. The van der Waals surface area contributed by atoms with Gasteiger partial charge < -0.3 is 4.42 Å². The van der Waals surface area contributed by atoms with Crippen molar-refractivity contribution in [1.29, 1.82) is 0 Å². The van der Waals surface area contributed by atoms with Crippen LogP contribution in [0.4, 0.5) is 0 Å². The van der Waals surface area contributed by atoms with Gasteiger partial charge in [-0.25, -0.2) is 0 Å². The van der Waals surface area contributed by atoms with Gasteiger partial charge in [-0.3, -0.25) is 4.79 Å². The maximum Gasteiger partial charge on any atom is 0.185 e. The molecule has 1 aromatic carbocycles. The predicted octanol–water partition coefficient (Wildman–Crippen LogP) is 4.18. The third-order valence-electron chi connectivity index (χ3n) is 2.26. The van der Waals surface area contributed by atoms with E-state index in [2.05, 4.69) is 0 Å². The van der Waals surface area contributed by atoms with Crippen LogP contribution < -0.4 is 0 Å². The second-order valence-electron chi connectivity index (χ2n) is 3.51. The summed E-state index contributed by atoms with van der Waals surface area (Å²) in [5.74, 6) is 2.75. The van der Waals surface area contributed by atoms with Gasteiger partial charge in [0.15, 0.2) is 12.0 Å². The highest BCUT2D eigenvalue weighted by Gasteiger charge is 2.03. The fraction of sp³-hybridized carbons (Fsp3) is 0.154. The first kappa shape index (κ1) is 12.3. The summed E-state index contributed by atoms with van der Waals surface area (Å²) in [7, 11) is 0. The van der Waals surface area contributed by atoms with Crippen molar-refractivity contribution in [3.05, 3.63) is 58.5 Å². The third-order valence-corrected chi connectivity index (χ3v) is 3.63. The number of furan rings is 1. The molecule has 0 N–H and O–H groups in total. The van der Waals surface area contributed by atoms with E-state index in [1.54, 1.807) is 17.8 Å². The van der Waals surface area contributed by atoms with Crippen LogP contribution >= 0.6 is 23.4 Å². The Balaban J connectivity index is 1.87. The van der Waals surface area contributed by atoms with Crippen LogP contribution in [-0.2, 0) is 11.5 Å². The minimum Gasteiger partial charge on any atom is -0.457 e. The van der Waals surface area contributed by atoms with E-state index in [9.17, 15) is 4.79 Å². The van der Waals surface area contributed by atoms with Crippen LogP contribution in [0.2, 0.25) is 5.02 Å². The molecular weight excluding hydrogens is 256 g/mol. The van der Waals surface area contributed by atoms with Gasteiger partial charge in [0, 0.05) is 10.8 Å². The lowest BCUT2D eigenvalue weighted by atomic mass is 10.2. The van der Waals surface area contributed by atoms with E-state index >= 15 is 0 Å². The van der Waals surface area contributed by atoms with E-state index in [1.807, 2.05) is 30.3 Å². The highest BCUT2D eigenvalue weighted by Crippen LogP contribution is 2.23. The summed E-state index contributed by atoms with van der Waals surface area (Å²) in [6.45, 7) is 0. The molecule has 0 unspecified atom stereocenters. The summed E-state index contributed by atoms with van der Waals surface area (Å²) < 4.78 is 5.28. The van der Waals surface area contributed by atoms with Crippen molar-refractivity contribution in [2.75, 3.05) is 0 Å². The Morgan fingerprint density at radius 1 is 1.18 bits per heavy atom. The monoisotopic (exact) mass is 266 g/mol. The van der Waals surface area contributed by atoms with Gasteiger partial charge in [0.1, 0.15) is 5.76 Å². The number of hydrogen-bond acceptors (Lipinski definition) is 3. The molecule has 2 rings (SSSR count). The van der Waals surface area contributed by atoms with Gasteiger partial charge in [0.05, 0.1) is 5.75 Å². The van der Waals surface area contributed by atoms with Crippen molar-refractivity contribution < 1.29 is 9.21 Å². The Kier molecular flexibility index (Phi) is 4.29. The summed E-state index contributed by atoms with van der Waals surface area (Å²) in [6, 6.07) is 11.3. The second kappa shape index (κ2) is 5.94. The predicted molar refractivity (Wildman–Crippen MR) is 70.5 cm³/mol. The van der Waals surface area contributed by atoms with Crippen LogP contribution in [0.15, 0.2) is 40.8 Å². The average Bonchev–Trinajstić information content (AvgIpc) is 2.80. The number of halogens is 1. The van der Waals surface area contributed by atoms with Gasteiger partial charge in [-0.05, 0) is 23.8 Å². The number of hydrogen-bond donors (Lipinski definition) is 0. The van der Waals surface area contributed by atoms with E-state index in [0.717, 1.165) is 27.9 Å². The third kappa shape index (κ3) is 3.38. The topological polar surface area (TPSA) is 30.2 Å². The number of carbonyl (C=O) groups is 1. The zero-order chi connectivity index (χ0) is 12.1. The molecular formula is C13H11ClO2S. The normalized spacial score (nSPS) is 10.4. The van der Waals surface area contributed by atoms with Crippen LogP contribution in [0, 0.1) is 0 Å². The first-order valence-electron chi connectivity index (χ1n) is 5.14. The summed E-state index contributed by atoms with van der Waals surface area (Å²) in [5.41, 5.74) is 1.11. The molecule has 0 bridgehead atoms. The molecule has 1 aromatic heterocycles. The molecule has 0 aliphatic heterocycles. The zero-order valence-corrected chi connectivity index (χ0v) is 10.6. The highest BCUT2D eigenvalue weighted by molar-refractivity contribution is 7.97. The Morgan fingerprint density at radius 3 is 2.71 bits per heavy atom. The molecule has 1 heterocycles. The molecule has 2 nitrogen and oxygen atoms in total. The first-order chi connectivity index (χ1) is 8.29. The lowest BCUT2D eigenvalue weighted by Crippen LogP contribution is -1.83. The summed E-state index contributed by atoms with van der Waals surface area (Å²) in [6.07, 6.45) is 0.711. The molecule has 0 saturated carbocycles. The molecule has 0 aliphatic carbocycles. The largest absolute Gasteiger partial charge is 0.457 e. The SMILES string of the molecule is O=Cc1ccc(CSCc2ccccc2Cl)o1. The quantitative estimate of drug-likeness (QED) is 0.761. The van der Waals surface area contributed by atoms with Crippen molar-refractivity contribution in [1.82, 2.24) is 0 Å². The molecule has 88 valence electrons. The van der Waals surface area contributed by atoms with Crippen molar-refractivity contribution in [3.63, 3.8) is 0 Å².